The molecule has 3 rings (SSSR count). The second kappa shape index (κ2) is 8.57. The average Bonchev–Trinajstić information content (AvgIpc) is 3.20. The molecule has 0 aliphatic rings. The molecule has 2 amide bonds. The first-order valence-electron chi connectivity index (χ1n) is 8.23. The van der Waals surface area contributed by atoms with Crippen LogP contribution in [0.4, 0.5) is 0 Å². The summed E-state index contributed by atoms with van der Waals surface area (Å²) in [5.74, 6) is 0.206. The van der Waals surface area contributed by atoms with Gasteiger partial charge in [-0.05, 0) is 17.7 Å². The van der Waals surface area contributed by atoms with Crippen molar-refractivity contribution in [1.29, 1.82) is 0 Å². The molecule has 2 heterocycles. The van der Waals surface area contributed by atoms with Crippen LogP contribution in [0, 0.1) is 0 Å². The third-order valence-electron chi connectivity index (χ3n) is 3.72. The lowest BCUT2D eigenvalue weighted by molar-refractivity contribution is -0.125. The van der Waals surface area contributed by atoms with E-state index in [0.717, 1.165) is 11.1 Å². The first-order chi connectivity index (χ1) is 12.7. The molecule has 2 N–H and O–H groups in total. The summed E-state index contributed by atoms with van der Waals surface area (Å²) in [6, 6.07) is 14.9. The molecule has 3 aromatic rings. The maximum atomic E-state index is 12.0. The van der Waals surface area contributed by atoms with Gasteiger partial charge in [0.1, 0.15) is 0 Å². The molecule has 132 valence electrons. The number of aromatic nitrogens is 3. The van der Waals surface area contributed by atoms with Crippen LogP contribution in [0.15, 0.2) is 67.1 Å². The number of nitrogens with zero attached hydrogens (tertiary/aromatic N) is 3. The van der Waals surface area contributed by atoms with Crippen LogP contribution in [0.2, 0.25) is 0 Å². The normalized spacial score (nSPS) is 10.3. The zero-order chi connectivity index (χ0) is 18.2. The smallest absolute Gasteiger partial charge is 0.239 e. The second-order valence-corrected chi connectivity index (χ2v) is 5.65. The lowest BCUT2D eigenvalue weighted by Crippen LogP contribution is -2.37. The summed E-state index contributed by atoms with van der Waals surface area (Å²) in [6.45, 7) is 0.236. The Morgan fingerprint density at radius 3 is 2.54 bits per heavy atom. The zero-order valence-electron chi connectivity index (χ0n) is 14.1. The first kappa shape index (κ1) is 17.3. The maximum absolute atomic E-state index is 12.0. The zero-order valence-corrected chi connectivity index (χ0v) is 14.1. The van der Waals surface area contributed by atoms with Gasteiger partial charge in [-0.15, -0.1) is 0 Å². The molecule has 0 unspecified atom stereocenters. The predicted molar refractivity (Wildman–Crippen MR) is 96.4 cm³/mol. The molecule has 0 bridgehead atoms. The summed E-state index contributed by atoms with van der Waals surface area (Å²) in [6.07, 6.45) is 5.38. The van der Waals surface area contributed by atoms with Crippen LogP contribution in [0.25, 0.3) is 5.82 Å². The number of hydrogen-bond donors (Lipinski definition) is 2. The number of nitrogens with one attached hydrogen (secondary N) is 2. The Bertz CT molecular complexity index is 863. The Balaban J connectivity index is 1.48. The van der Waals surface area contributed by atoms with Gasteiger partial charge >= 0.3 is 0 Å². The molecule has 1 aromatic carbocycles. The number of hydrogen-bond acceptors (Lipinski definition) is 4. The standard InChI is InChI=1S/C19H19N5O2/c25-17(12-15-6-2-1-3-7-15)22-14-18(26)21-13-16-8-4-9-20-19(16)24-11-5-10-23-24/h1-11H,12-14H2,(H,21,26)(H,22,25). The number of amides is 2. The van der Waals surface area contributed by atoms with Crippen molar-refractivity contribution in [3.63, 3.8) is 0 Å². The molecule has 7 nitrogen and oxygen atoms in total. The summed E-state index contributed by atoms with van der Waals surface area (Å²) in [4.78, 5) is 28.2. The number of rotatable bonds is 7. The maximum Gasteiger partial charge on any atom is 0.239 e. The second-order valence-electron chi connectivity index (χ2n) is 5.65. The quantitative estimate of drug-likeness (QED) is 0.672. The molecule has 0 aliphatic carbocycles. The van der Waals surface area contributed by atoms with Crippen molar-refractivity contribution >= 4 is 11.8 Å². The Kier molecular flexibility index (Phi) is 5.72. The Morgan fingerprint density at radius 2 is 1.77 bits per heavy atom. The van der Waals surface area contributed by atoms with E-state index in [1.54, 1.807) is 35.4 Å². The van der Waals surface area contributed by atoms with E-state index in [1.807, 2.05) is 36.4 Å². The molecule has 0 saturated carbocycles. The van der Waals surface area contributed by atoms with Gasteiger partial charge in [-0.25, -0.2) is 9.67 Å². The van der Waals surface area contributed by atoms with E-state index in [-0.39, 0.29) is 24.8 Å². The SMILES string of the molecule is O=C(CNC(=O)Cc1ccccc1)NCc1cccnc1-n1cccn1. The van der Waals surface area contributed by atoms with Gasteiger partial charge in [0.15, 0.2) is 5.82 Å². The molecule has 26 heavy (non-hydrogen) atoms. The van der Waals surface area contributed by atoms with Crippen LogP contribution >= 0.6 is 0 Å². The number of carbonyl (C=O) groups excluding carboxylic acids is 2. The Morgan fingerprint density at radius 1 is 0.923 bits per heavy atom. The van der Waals surface area contributed by atoms with Crippen LogP contribution in [0.1, 0.15) is 11.1 Å². The van der Waals surface area contributed by atoms with Crippen LogP contribution < -0.4 is 10.6 Å². The molecule has 2 aromatic heterocycles. The van der Waals surface area contributed by atoms with E-state index < -0.39 is 0 Å². The molecule has 0 fully saturated rings. The topological polar surface area (TPSA) is 88.9 Å². The summed E-state index contributed by atoms with van der Waals surface area (Å²) < 4.78 is 1.64. The number of pyridine rings is 1. The summed E-state index contributed by atoms with van der Waals surface area (Å²) >= 11 is 0. The third kappa shape index (κ3) is 4.76. The van der Waals surface area contributed by atoms with Gasteiger partial charge in [-0.1, -0.05) is 36.4 Å². The van der Waals surface area contributed by atoms with E-state index in [9.17, 15) is 9.59 Å². The highest BCUT2D eigenvalue weighted by Crippen LogP contribution is 2.09. The minimum absolute atomic E-state index is 0.0664. The highest BCUT2D eigenvalue weighted by Gasteiger charge is 2.09. The number of benzene rings is 1. The first-order valence-corrected chi connectivity index (χ1v) is 8.23. The molecule has 0 aliphatic heterocycles. The molecular weight excluding hydrogens is 330 g/mol. The van der Waals surface area contributed by atoms with Crippen molar-refractivity contribution in [3.8, 4) is 5.82 Å². The highest BCUT2D eigenvalue weighted by atomic mass is 16.2. The minimum atomic E-state index is -0.262. The fourth-order valence-electron chi connectivity index (χ4n) is 2.45. The predicted octanol–water partition coefficient (Wildman–Crippen LogP) is 1.24. The Hall–Kier alpha value is -3.48. The summed E-state index contributed by atoms with van der Waals surface area (Å²) in [7, 11) is 0. The van der Waals surface area contributed by atoms with Gasteiger partial charge in [-0.3, -0.25) is 9.59 Å². The fourth-order valence-corrected chi connectivity index (χ4v) is 2.45. The van der Waals surface area contributed by atoms with E-state index in [0.29, 0.717) is 12.4 Å². The van der Waals surface area contributed by atoms with Gasteiger partial charge in [0.2, 0.25) is 11.8 Å². The van der Waals surface area contributed by atoms with Crippen LogP contribution in [0.5, 0.6) is 0 Å². The van der Waals surface area contributed by atoms with Crippen LogP contribution in [-0.4, -0.2) is 33.1 Å². The van der Waals surface area contributed by atoms with E-state index in [2.05, 4.69) is 20.7 Å². The van der Waals surface area contributed by atoms with Crippen molar-refractivity contribution in [3.05, 3.63) is 78.2 Å². The molecule has 0 radical (unpaired) electrons. The molecule has 0 spiro atoms. The van der Waals surface area contributed by atoms with Crippen molar-refractivity contribution in [1.82, 2.24) is 25.4 Å². The molecular formula is C19H19N5O2. The van der Waals surface area contributed by atoms with E-state index in [4.69, 9.17) is 0 Å². The lowest BCUT2D eigenvalue weighted by Gasteiger charge is -2.10. The largest absolute Gasteiger partial charge is 0.350 e. The monoisotopic (exact) mass is 349 g/mol. The van der Waals surface area contributed by atoms with Gasteiger partial charge in [0.05, 0.1) is 13.0 Å². The van der Waals surface area contributed by atoms with Gasteiger partial charge in [0, 0.05) is 30.7 Å². The highest BCUT2D eigenvalue weighted by molar-refractivity contribution is 5.85. The van der Waals surface area contributed by atoms with Gasteiger partial charge in [-0.2, -0.15) is 5.10 Å². The van der Waals surface area contributed by atoms with Gasteiger partial charge < -0.3 is 10.6 Å². The van der Waals surface area contributed by atoms with Crippen molar-refractivity contribution in [2.75, 3.05) is 6.54 Å². The van der Waals surface area contributed by atoms with Crippen LogP contribution in [0.3, 0.4) is 0 Å². The van der Waals surface area contributed by atoms with E-state index >= 15 is 0 Å². The summed E-state index contributed by atoms with van der Waals surface area (Å²) in [5.41, 5.74) is 1.74. The molecule has 7 heteroatoms. The van der Waals surface area contributed by atoms with Crippen molar-refractivity contribution in [2.45, 2.75) is 13.0 Å². The fraction of sp³-hybridized carbons (Fsp3) is 0.158. The minimum Gasteiger partial charge on any atom is -0.350 e. The Labute approximate surface area is 151 Å². The van der Waals surface area contributed by atoms with Crippen molar-refractivity contribution < 1.29 is 9.59 Å². The molecule has 0 saturated heterocycles. The van der Waals surface area contributed by atoms with Crippen LogP contribution in [-0.2, 0) is 22.6 Å². The average molecular weight is 349 g/mol. The molecule has 0 atom stereocenters. The van der Waals surface area contributed by atoms with Crippen molar-refractivity contribution in [2.24, 2.45) is 0 Å². The number of carbonyl (C=O) groups is 2. The van der Waals surface area contributed by atoms with Gasteiger partial charge in [0.25, 0.3) is 0 Å². The third-order valence-corrected chi connectivity index (χ3v) is 3.72. The lowest BCUT2D eigenvalue weighted by atomic mass is 10.1. The van der Waals surface area contributed by atoms with E-state index in [1.165, 1.54) is 0 Å². The summed E-state index contributed by atoms with van der Waals surface area (Å²) in [5, 5.41) is 9.57.